The van der Waals surface area contributed by atoms with Gasteiger partial charge >= 0.3 is 5.97 Å². The van der Waals surface area contributed by atoms with Gasteiger partial charge < -0.3 is 14.6 Å². The second-order valence-electron chi connectivity index (χ2n) is 5.79. The Morgan fingerprint density at radius 1 is 1.24 bits per heavy atom. The lowest BCUT2D eigenvalue weighted by atomic mass is 9.89. The van der Waals surface area contributed by atoms with Gasteiger partial charge in [-0.05, 0) is 49.8 Å². The first kappa shape index (κ1) is 15.8. The van der Waals surface area contributed by atoms with Gasteiger partial charge in [-0.1, -0.05) is 13.0 Å². The molecule has 1 aliphatic carbocycles. The SMILES string of the molecule is CC1CCC(OCCCOc2cccc(C(=O)O)c2)CC1. The fraction of sp³-hybridized carbons (Fsp3) is 0.588. The molecule has 0 radical (unpaired) electrons. The molecule has 0 heterocycles. The van der Waals surface area contributed by atoms with E-state index in [9.17, 15) is 4.79 Å². The van der Waals surface area contributed by atoms with E-state index in [0.29, 0.717) is 25.1 Å². The summed E-state index contributed by atoms with van der Waals surface area (Å²) in [6.07, 6.45) is 6.11. The van der Waals surface area contributed by atoms with Crippen LogP contribution in [0.15, 0.2) is 24.3 Å². The Bertz CT molecular complexity index is 450. The normalized spacial score (nSPS) is 22.0. The Hall–Kier alpha value is -1.55. The van der Waals surface area contributed by atoms with E-state index >= 15 is 0 Å². The van der Waals surface area contributed by atoms with Crippen LogP contribution in [0.3, 0.4) is 0 Å². The van der Waals surface area contributed by atoms with Crippen molar-refractivity contribution in [2.75, 3.05) is 13.2 Å². The molecule has 0 spiro atoms. The Kier molecular flexibility index (Phi) is 6.05. The number of aromatic carboxylic acids is 1. The van der Waals surface area contributed by atoms with Gasteiger partial charge in [-0.25, -0.2) is 4.79 Å². The predicted octanol–water partition coefficient (Wildman–Crippen LogP) is 3.75. The van der Waals surface area contributed by atoms with Crippen molar-refractivity contribution in [3.63, 3.8) is 0 Å². The summed E-state index contributed by atoms with van der Waals surface area (Å²) in [5.41, 5.74) is 0.250. The standard InChI is InChI=1S/C17H24O4/c1-13-6-8-15(9-7-13)20-10-3-11-21-16-5-2-4-14(12-16)17(18)19/h2,4-5,12-13,15H,3,6-11H2,1H3,(H,18,19). The summed E-state index contributed by atoms with van der Waals surface area (Å²) in [5, 5.41) is 8.91. The number of ether oxygens (including phenoxy) is 2. The molecule has 1 aliphatic rings. The predicted molar refractivity (Wildman–Crippen MR) is 80.9 cm³/mol. The highest BCUT2D eigenvalue weighted by molar-refractivity contribution is 5.87. The van der Waals surface area contributed by atoms with E-state index in [-0.39, 0.29) is 5.56 Å². The van der Waals surface area contributed by atoms with E-state index in [4.69, 9.17) is 14.6 Å². The molecule has 4 nitrogen and oxygen atoms in total. The first-order valence-electron chi connectivity index (χ1n) is 7.73. The fourth-order valence-electron chi connectivity index (χ4n) is 2.61. The number of carboxylic acid groups (broad SMARTS) is 1. The van der Waals surface area contributed by atoms with Crippen molar-refractivity contribution in [1.29, 1.82) is 0 Å². The summed E-state index contributed by atoms with van der Waals surface area (Å²) in [4.78, 5) is 10.9. The van der Waals surface area contributed by atoms with Gasteiger partial charge in [0.15, 0.2) is 0 Å². The van der Waals surface area contributed by atoms with Crippen molar-refractivity contribution in [1.82, 2.24) is 0 Å². The van der Waals surface area contributed by atoms with Gasteiger partial charge in [-0.15, -0.1) is 0 Å². The average molecular weight is 292 g/mol. The molecule has 1 saturated carbocycles. The van der Waals surface area contributed by atoms with Gasteiger partial charge in [0.2, 0.25) is 0 Å². The van der Waals surface area contributed by atoms with Crippen molar-refractivity contribution < 1.29 is 19.4 Å². The summed E-state index contributed by atoms with van der Waals surface area (Å²) < 4.78 is 11.4. The van der Waals surface area contributed by atoms with E-state index in [1.807, 2.05) is 0 Å². The van der Waals surface area contributed by atoms with Crippen LogP contribution in [0.2, 0.25) is 0 Å². The molecule has 1 aromatic rings. The van der Waals surface area contributed by atoms with Gasteiger partial charge in [0, 0.05) is 6.42 Å². The number of rotatable bonds is 7. The third kappa shape index (κ3) is 5.38. The maximum Gasteiger partial charge on any atom is 0.335 e. The molecule has 21 heavy (non-hydrogen) atoms. The summed E-state index contributed by atoms with van der Waals surface area (Å²) in [5.74, 6) is 0.506. The zero-order chi connectivity index (χ0) is 15.1. The van der Waals surface area contributed by atoms with Crippen LogP contribution < -0.4 is 4.74 Å². The molecule has 1 fully saturated rings. The van der Waals surface area contributed by atoms with Gasteiger partial charge in [0.1, 0.15) is 5.75 Å². The molecule has 0 amide bonds. The van der Waals surface area contributed by atoms with Crippen molar-refractivity contribution in [2.24, 2.45) is 5.92 Å². The third-order valence-electron chi connectivity index (χ3n) is 3.95. The smallest absolute Gasteiger partial charge is 0.335 e. The maximum atomic E-state index is 10.9. The van der Waals surface area contributed by atoms with Crippen molar-refractivity contribution in [3.8, 4) is 5.75 Å². The Balaban J connectivity index is 1.61. The monoisotopic (exact) mass is 292 g/mol. The topological polar surface area (TPSA) is 55.8 Å². The van der Waals surface area contributed by atoms with Gasteiger partial charge in [-0.3, -0.25) is 0 Å². The molecule has 4 heteroatoms. The van der Waals surface area contributed by atoms with E-state index in [2.05, 4.69) is 6.92 Å². The van der Waals surface area contributed by atoms with Crippen molar-refractivity contribution >= 4 is 5.97 Å². The van der Waals surface area contributed by atoms with Gasteiger partial charge in [0.05, 0.1) is 24.9 Å². The molecule has 1 N–H and O–H groups in total. The van der Waals surface area contributed by atoms with Crippen LogP contribution >= 0.6 is 0 Å². The van der Waals surface area contributed by atoms with Crippen LogP contribution in [0.25, 0.3) is 0 Å². The molecule has 0 saturated heterocycles. The van der Waals surface area contributed by atoms with Crippen molar-refractivity contribution in [3.05, 3.63) is 29.8 Å². The zero-order valence-electron chi connectivity index (χ0n) is 12.6. The van der Waals surface area contributed by atoms with E-state index in [1.54, 1.807) is 24.3 Å². The molecule has 0 atom stereocenters. The number of benzene rings is 1. The number of hydrogen-bond acceptors (Lipinski definition) is 3. The minimum atomic E-state index is -0.935. The van der Waals surface area contributed by atoms with Crippen LogP contribution in [0, 0.1) is 5.92 Å². The first-order chi connectivity index (χ1) is 10.1. The summed E-state index contributed by atoms with van der Waals surface area (Å²) in [6.45, 7) is 3.55. The van der Waals surface area contributed by atoms with Gasteiger partial charge in [-0.2, -0.15) is 0 Å². The molecule has 0 aromatic heterocycles. The molecule has 0 aliphatic heterocycles. The second-order valence-corrected chi connectivity index (χ2v) is 5.79. The van der Waals surface area contributed by atoms with Crippen LogP contribution in [0.1, 0.15) is 49.4 Å². The summed E-state index contributed by atoms with van der Waals surface area (Å²) in [6, 6.07) is 6.57. The quantitative estimate of drug-likeness (QED) is 0.778. The summed E-state index contributed by atoms with van der Waals surface area (Å²) in [7, 11) is 0. The molecule has 0 bridgehead atoms. The minimum Gasteiger partial charge on any atom is -0.493 e. The first-order valence-corrected chi connectivity index (χ1v) is 7.73. The molecular formula is C17H24O4. The van der Waals surface area contributed by atoms with E-state index in [1.165, 1.54) is 25.7 Å². The summed E-state index contributed by atoms with van der Waals surface area (Å²) >= 11 is 0. The van der Waals surface area contributed by atoms with Crippen LogP contribution in [0.4, 0.5) is 0 Å². The van der Waals surface area contributed by atoms with Gasteiger partial charge in [0.25, 0.3) is 0 Å². The fourth-order valence-corrected chi connectivity index (χ4v) is 2.61. The third-order valence-corrected chi connectivity index (χ3v) is 3.95. The van der Waals surface area contributed by atoms with Crippen LogP contribution in [-0.2, 0) is 4.74 Å². The molecule has 1 aromatic carbocycles. The average Bonchev–Trinajstić information content (AvgIpc) is 2.49. The van der Waals surface area contributed by atoms with E-state index < -0.39 is 5.97 Å². The maximum absolute atomic E-state index is 10.9. The molecular weight excluding hydrogens is 268 g/mol. The minimum absolute atomic E-state index is 0.250. The highest BCUT2D eigenvalue weighted by Gasteiger charge is 2.18. The molecule has 116 valence electrons. The Labute approximate surface area is 126 Å². The second kappa shape index (κ2) is 8.03. The van der Waals surface area contributed by atoms with Crippen LogP contribution in [0.5, 0.6) is 5.75 Å². The lowest BCUT2D eigenvalue weighted by Gasteiger charge is -2.26. The van der Waals surface area contributed by atoms with E-state index in [0.717, 1.165) is 12.3 Å². The lowest BCUT2D eigenvalue weighted by molar-refractivity contribution is 0.0146. The Morgan fingerprint density at radius 3 is 2.71 bits per heavy atom. The largest absolute Gasteiger partial charge is 0.493 e. The molecule has 2 rings (SSSR count). The molecule has 0 unspecified atom stereocenters. The highest BCUT2D eigenvalue weighted by Crippen LogP contribution is 2.25. The number of carbonyl (C=O) groups is 1. The zero-order valence-corrected chi connectivity index (χ0v) is 12.6. The van der Waals surface area contributed by atoms with Crippen LogP contribution in [-0.4, -0.2) is 30.4 Å². The highest BCUT2D eigenvalue weighted by atomic mass is 16.5. The number of hydrogen-bond donors (Lipinski definition) is 1. The Morgan fingerprint density at radius 2 is 2.00 bits per heavy atom. The van der Waals surface area contributed by atoms with Crippen molar-refractivity contribution in [2.45, 2.75) is 45.1 Å². The number of carboxylic acids is 1. The lowest BCUT2D eigenvalue weighted by Crippen LogP contribution is -2.21.